The summed E-state index contributed by atoms with van der Waals surface area (Å²) in [6.07, 6.45) is 4.10. The molecule has 0 fully saturated rings. The summed E-state index contributed by atoms with van der Waals surface area (Å²) in [5, 5.41) is 12.3. The van der Waals surface area contributed by atoms with Gasteiger partial charge in [-0.1, -0.05) is 25.5 Å². The third-order valence-corrected chi connectivity index (χ3v) is 3.09. The van der Waals surface area contributed by atoms with Crippen molar-refractivity contribution in [1.82, 2.24) is 24.8 Å². The normalized spacial score (nSPS) is 12.8. The summed E-state index contributed by atoms with van der Waals surface area (Å²) < 4.78 is 3.67. The molecule has 1 atom stereocenters. The summed E-state index contributed by atoms with van der Waals surface area (Å²) in [7, 11) is 1.89. The zero-order valence-electron chi connectivity index (χ0n) is 11.2. The number of hydrogen-bond acceptors (Lipinski definition) is 4. The van der Waals surface area contributed by atoms with Crippen LogP contribution in [-0.2, 0) is 13.6 Å². The van der Waals surface area contributed by atoms with E-state index in [4.69, 9.17) is 5.73 Å². The molecule has 2 N–H and O–H groups in total. The molecule has 0 bridgehead atoms. The standard InChI is InChI=1S/C12H20N6/c1-4-5-9(2)8-18-11(12(13)15-16-18)10-6-7-14-17(10)3/h6-7,9H,4-5,8,13H2,1-3H3. The lowest BCUT2D eigenvalue weighted by Crippen LogP contribution is -2.11. The lowest BCUT2D eigenvalue weighted by molar-refractivity contribution is 0.416. The van der Waals surface area contributed by atoms with Crippen molar-refractivity contribution in [2.45, 2.75) is 33.2 Å². The molecule has 0 aliphatic rings. The molecule has 18 heavy (non-hydrogen) atoms. The minimum Gasteiger partial charge on any atom is -0.380 e. The summed E-state index contributed by atoms with van der Waals surface area (Å²) in [4.78, 5) is 0. The molecule has 2 heterocycles. The first kappa shape index (κ1) is 12.6. The Balaban J connectivity index is 2.31. The topological polar surface area (TPSA) is 74.6 Å². The summed E-state index contributed by atoms with van der Waals surface area (Å²) in [6.45, 7) is 5.24. The molecule has 6 nitrogen and oxygen atoms in total. The van der Waals surface area contributed by atoms with E-state index in [9.17, 15) is 0 Å². The molecule has 0 aliphatic carbocycles. The fourth-order valence-corrected chi connectivity index (χ4v) is 2.20. The zero-order valence-corrected chi connectivity index (χ0v) is 11.2. The Labute approximate surface area is 107 Å². The van der Waals surface area contributed by atoms with Crippen LogP contribution in [0.15, 0.2) is 12.3 Å². The molecular weight excluding hydrogens is 228 g/mol. The first-order chi connectivity index (χ1) is 8.63. The van der Waals surface area contributed by atoms with Gasteiger partial charge in [0.1, 0.15) is 5.69 Å². The van der Waals surface area contributed by atoms with Gasteiger partial charge in [-0.05, 0) is 18.4 Å². The molecular formula is C12H20N6. The average molecular weight is 248 g/mol. The average Bonchev–Trinajstić information content (AvgIpc) is 2.86. The second-order valence-electron chi connectivity index (χ2n) is 4.74. The summed E-state index contributed by atoms with van der Waals surface area (Å²) in [5.41, 5.74) is 7.72. The van der Waals surface area contributed by atoms with E-state index in [1.165, 1.54) is 12.8 Å². The van der Waals surface area contributed by atoms with Gasteiger partial charge in [0.15, 0.2) is 5.82 Å². The zero-order chi connectivity index (χ0) is 13.1. The van der Waals surface area contributed by atoms with Gasteiger partial charge in [0.05, 0.1) is 5.69 Å². The number of aryl methyl sites for hydroxylation is 1. The van der Waals surface area contributed by atoms with E-state index in [0.29, 0.717) is 11.7 Å². The van der Waals surface area contributed by atoms with Crippen LogP contribution in [0.3, 0.4) is 0 Å². The highest BCUT2D eigenvalue weighted by atomic mass is 15.5. The maximum absolute atomic E-state index is 5.92. The molecule has 0 aromatic carbocycles. The van der Waals surface area contributed by atoms with E-state index in [1.54, 1.807) is 10.9 Å². The molecule has 0 aliphatic heterocycles. The molecule has 2 aromatic heterocycles. The van der Waals surface area contributed by atoms with Crippen molar-refractivity contribution in [2.24, 2.45) is 13.0 Å². The van der Waals surface area contributed by atoms with Crippen molar-refractivity contribution >= 4 is 5.82 Å². The number of rotatable bonds is 5. The van der Waals surface area contributed by atoms with Crippen molar-refractivity contribution in [2.75, 3.05) is 5.73 Å². The van der Waals surface area contributed by atoms with E-state index < -0.39 is 0 Å². The smallest absolute Gasteiger partial charge is 0.175 e. The maximum Gasteiger partial charge on any atom is 0.175 e. The second-order valence-corrected chi connectivity index (χ2v) is 4.74. The van der Waals surface area contributed by atoms with Gasteiger partial charge < -0.3 is 5.73 Å². The minimum atomic E-state index is 0.460. The fraction of sp³-hybridized carbons (Fsp3) is 0.583. The molecule has 0 spiro atoms. The van der Waals surface area contributed by atoms with Crippen molar-refractivity contribution < 1.29 is 0 Å². The monoisotopic (exact) mass is 248 g/mol. The highest BCUT2D eigenvalue weighted by Crippen LogP contribution is 2.24. The van der Waals surface area contributed by atoms with Crippen molar-refractivity contribution in [1.29, 1.82) is 0 Å². The van der Waals surface area contributed by atoms with Gasteiger partial charge in [0, 0.05) is 19.8 Å². The number of nitrogens with two attached hydrogens (primary N) is 1. The Bertz CT molecular complexity index is 512. The van der Waals surface area contributed by atoms with Crippen LogP contribution < -0.4 is 5.73 Å². The number of nitrogen functional groups attached to an aromatic ring is 1. The lowest BCUT2D eigenvalue weighted by atomic mass is 10.1. The van der Waals surface area contributed by atoms with Gasteiger partial charge >= 0.3 is 0 Å². The largest absolute Gasteiger partial charge is 0.380 e. The van der Waals surface area contributed by atoms with E-state index in [-0.39, 0.29) is 0 Å². The number of anilines is 1. The maximum atomic E-state index is 5.92. The molecule has 2 rings (SSSR count). The van der Waals surface area contributed by atoms with E-state index in [1.807, 2.05) is 17.8 Å². The highest BCUT2D eigenvalue weighted by molar-refractivity contribution is 5.66. The van der Waals surface area contributed by atoms with Crippen molar-refractivity contribution in [3.8, 4) is 11.4 Å². The van der Waals surface area contributed by atoms with Gasteiger partial charge in [-0.3, -0.25) is 4.68 Å². The predicted octanol–water partition coefficient (Wildman–Crippen LogP) is 1.70. The Hall–Kier alpha value is -1.85. The van der Waals surface area contributed by atoms with Crippen molar-refractivity contribution in [3.63, 3.8) is 0 Å². The SMILES string of the molecule is CCCC(C)Cn1nnc(N)c1-c1ccnn1C. The summed E-state index contributed by atoms with van der Waals surface area (Å²) in [5.74, 6) is 1.02. The molecule has 2 aromatic rings. The summed E-state index contributed by atoms with van der Waals surface area (Å²) in [6, 6.07) is 1.93. The lowest BCUT2D eigenvalue weighted by Gasteiger charge is -2.12. The number of nitrogens with zero attached hydrogens (tertiary/aromatic N) is 5. The summed E-state index contributed by atoms with van der Waals surface area (Å²) >= 11 is 0. The van der Waals surface area contributed by atoms with Crippen LogP contribution in [0.5, 0.6) is 0 Å². The third-order valence-electron chi connectivity index (χ3n) is 3.09. The van der Waals surface area contributed by atoms with Crippen LogP contribution in [-0.4, -0.2) is 24.8 Å². The van der Waals surface area contributed by atoms with Crippen LogP contribution in [0, 0.1) is 5.92 Å². The van der Waals surface area contributed by atoms with Crippen LogP contribution in [0.4, 0.5) is 5.82 Å². The fourth-order valence-electron chi connectivity index (χ4n) is 2.20. The van der Waals surface area contributed by atoms with E-state index in [0.717, 1.165) is 17.9 Å². The quantitative estimate of drug-likeness (QED) is 0.873. The molecule has 98 valence electrons. The van der Waals surface area contributed by atoms with Gasteiger partial charge in [0.25, 0.3) is 0 Å². The minimum absolute atomic E-state index is 0.460. The molecule has 6 heteroatoms. The Morgan fingerprint density at radius 1 is 1.44 bits per heavy atom. The molecule has 0 saturated carbocycles. The first-order valence-electron chi connectivity index (χ1n) is 6.30. The first-order valence-corrected chi connectivity index (χ1v) is 6.30. The predicted molar refractivity (Wildman–Crippen MR) is 70.7 cm³/mol. The van der Waals surface area contributed by atoms with Gasteiger partial charge in [-0.2, -0.15) is 5.10 Å². The van der Waals surface area contributed by atoms with E-state index >= 15 is 0 Å². The van der Waals surface area contributed by atoms with Crippen LogP contribution in [0.25, 0.3) is 11.4 Å². The van der Waals surface area contributed by atoms with Crippen LogP contribution in [0.2, 0.25) is 0 Å². The highest BCUT2D eigenvalue weighted by Gasteiger charge is 2.16. The van der Waals surface area contributed by atoms with Gasteiger partial charge in [0.2, 0.25) is 0 Å². The van der Waals surface area contributed by atoms with Gasteiger partial charge in [-0.25, -0.2) is 4.68 Å². The molecule has 0 amide bonds. The molecule has 0 radical (unpaired) electrons. The van der Waals surface area contributed by atoms with Gasteiger partial charge in [-0.15, -0.1) is 5.10 Å². The van der Waals surface area contributed by atoms with Crippen molar-refractivity contribution in [3.05, 3.63) is 12.3 Å². The van der Waals surface area contributed by atoms with E-state index in [2.05, 4.69) is 29.3 Å². The number of aromatic nitrogens is 5. The Morgan fingerprint density at radius 3 is 2.83 bits per heavy atom. The number of hydrogen-bond donors (Lipinski definition) is 1. The van der Waals surface area contributed by atoms with Crippen LogP contribution in [0.1, 0.15) is 26.7 Å². The Kier molecular flexibility index (Phi) is 3.64. The van der Waals surface area contributed by atoms with Crippen LogP contribution >= 0.6 is 0 Å². The molecule has 0 saturated heterocycles. The third kappa shape index (κ3) is 2.37. The molecule has 1 unspecified atom stereocenters. The Morgan fingerprint density at radius 2 is 2.22 bits per heavy atom. The second kappa shape index (κ2) is 5.20.